The summed E-state index contributed by atoms with van der Waals surface area (Å²) in [6.07, 6.45) is 7.20. The van der Waals surface area contributed by atoms with E-state index in [1.807, 2.05) is 0 Å². The van der Waals surface area contributed by atoms with Gasteiger partial charge in [0, 0.05) is 11.1 Å². The molecule has 4 aromatic carbocycles. The van der Waals surface area contributed by atoms with Crippen LogP contribution in [0.5, 0.6) is 5.75 Å². The van der Waals surface area contributed by atoms with Crippen LogP contribution in [0, 0.1) is 11.8 Å². The Morgan fingerprint density at radius 3 is 1.97 bits per heavy atom. The van der Waals surface area contributed by atoms with Crippen molar-refractivity contribution in [2.75, 3.05) is 6.61 Å². The Bertz CT molecular complexity index is 1250. The molecule has 0 aromatic heterocycles. The number of hydrogen-bond donors (Lipinski definition) is 0. The van der Waals surface area contributed by atoms with Gasteiger partial charge in [-0.3, -0.25) is 0 Å². The topological polar surface area (TPSA) is 9.23 Å². The van der Waals surface area contributed by atoms with Gasteiger partial charge in [-0.1, -0.05) is 99.9 Å². The molecule has 1 heteroatoms. The molecule has 0 fully saturated rings. The summed E-state index contributed by atoms with van der Waals surface area (Å²) >= 11 is 0. The summed E-state index contributed by atoms with van der Waals surface area (Å²) in [5.41, 5.74) is 5.85. The summed E-state index contributed by atoms with van der Waals surface area (Å²) in [6.45, 7) is 5.24. The van der Waals surface area contributed by atoms with E-state index in [2.05, 4.69) is 111 Å². The highest BCUT2D eigenvalue weighted by atomic mass is 16.5. The first kappa shape index (κ1) is 23.7. The minimum absolute atomic E-state index is 0.795. The van der Waals surface area contributed by atoms with Crippen LogP contribution in [0.4, 0.5) is 0 Å². The molecule has 0 radical (unpaired) electrons. The summed E-state index contributed by atoms with van der Waals surface area (Å²) in [4.78, 5) is 0. The molecule has 0 aliphatic carbocycles. The lowest BCUT2D eigenvalue weighted by Crippen LogP contribution is -1.96. The maximum Gasteiger partial charge on any atom is 0.119 e. The van der Waals surface area contributed by atoms with Crippen molar-refractivity contribution in [1.82, 2.24) is 0 Å². The summed E-state index contributed by atoms with van der Waals surface area (Å²) in [6, 6.07) is 30.1. The number of aryl methyl sites for hydroxylation is 1. The average Bonchev–Trinajstić information content (AvgIpc) is 2.88. The standard InChI is InChI=1S/C33H34O/c1-3-5-6-7-23-34-33-21-19-30(20-22-33)29-15-11-26(12-16-29)9-10-28-14-18-31-24-27(8-4-2)13-17-32(31)25-28/h11-22,24-25H,3-8,23H2,1-2H3. The molecular formula is C33H34O. The van der Waals surface area contributed by atoms with Gasteiger partial charge in [0.25, 0.3) is 0 Å². The van der Waals surface area contributed by atoms with Gasteiger partial charge in [0.1, 0.15) is 5.75 Å². The Labute approximate surface area is 204 Å². The van der Waals surface area contributed by atoms with E-state index in [4.69, 9.17) is 4.74 Å². The molecule has 0 saturated heterocycles. The van der Waals surface area contributed by atoms with Crippen LogP contribution in [0.2, 0.25) is 0 Å². The molecule has 1 nitrogen and oxygen atoms in total. The van der Waals surface area contributed by atoms with Crippen molar-refractivity contribution in [3.05, 3.63) is 102 Å². The maximum absolute atomic E-state index is 5.86. The first-order valence-corrected chi connectivity index (χ1v) is 12.6. The maximum atomic E-state index is 5.86. The lowest BCUT2D eigenvalue weighted by atomic mass is 10.0. The van der Waals surface area contributed by atoms with Gasteiger partial charge in [0.05, 0.1) is 6.61 Å². The molecule has 0 N–H and O–H groups in total. The number of rotatable bonds is 9. The van der Waals surface area contributed by atoms with Crippen molar-refractivity contribution in [3.63, 3.8) is 0 Å². The van der Waals surface area contributed by atoms with Crippen molar-refractivity contribution >= 4 is 10.8 Å². The van der Waals surface area contributed by atoms with Gasteiger partial charge in [-0.05, 0) is 76.7 Å². The van der Waals surface area contributed by atoms with Crippen LogP contribution < -0.4 is 4.74 Å². The molecule has 0 amide bonds. The first-order valence-electron chi connectivity index (χ1n) is 12.6. The number of fused-ring (bicyclic) bond motifs is 1. The molecule has 4 rings (SSSR count). The van der Waals surface area contributed by atoms with Crippen LogP contribution in [0.3, 0.4) is 0 Å². The Morgan fingerprint density at radius 2 is 1.24 bits per heavy atom. The highest BCUT2D eigenvalue weighted by molar-refractivity contribution is 5.84. The Balaban J connectivity index is 1.38. The Morgan fingerprint density at radius 1 is 0.588 bits per heavy atom. The highest BCUT2D eigenvalue weighted by Crippen LogP contribution is 2.23. The van der Waals surface area contributed by atoms with Gasteiger partial charge in [-0.25, -0.2) is 0 Å². The zero-order valence-electron chi connectivity index (χ0n) is 20.4. The quantitative estimate of drug-likeness (QED) is 0.184. The highest BCUT2D eigenvalue weighted by Gasteiger charge is 2.00. The summed E-state index contributed by atoms with van der Waals surface area (Å²) in [5, 5.41) is 2.53. The number of unbranched alkanes of at least 4 members (excludes halogenated alkanes) is 3. The minimum Gasteiger partial charge on any atom is -0.494 e. The second kappa shape index (κ2) is 12.1. The summed E-state index contributed by atoms with van der Waals surface area (Å²) < 4.78 is 5.86. The molecule has 0 spiro atoms. The predicted molar refractivity (Wildman–Crippen MR) is 145 cm³/mol. The molecule has 0 saturated carbocycles. The van der Waals surface area contributed by atoms with Gasteiger partial charge < -0.3 is 4.74 Å². The molecule has 0 heterocycles. The smallest absolute Gasteiger partial charge is 0.119 e. The third kappa shape index (κ3) is 6.52. The molecule has 0 aliphatic heterocycles. The molecule has 0 unspecified atom stereocenters. The van der Waals surface area contributed by atoms with Crippen LogP contribution in [-0.2, 0) is 6.42 Å². The van der Waals surface area contributed by atoms with E-state index in [1.54, 1.807) is 0 Å². The van der Waals surface area contributed by atoms with Crippen LogP contribution in [0.25, 0.3) is 21.9 Å². The van der Waals surface area contributed by atoms with Crippen LogP contribution in [-0.4, -0.2) is 6.61 Å². The second-order valence-corrected chi connectivity index (χ2v) is 8.91. The van der Waals surface area contributed by atoms with Crippen molar-refractivity contribution < 1.29 is 4.74 Å². The van der Waals surface area contributed by atoms with E-state index in [-0.39, 0.29) is 0 Å². The molecule has 172 valence electrons. The number of hydrogen-bond acceptors (Lipinski definition) is 1. The monoisotopic (exact) mass is 446 g/mol. The number of benzene rings is 4. The third-order valence-electron chi connectivity index (χ3n) is 6.13. The Kier molecular flexibility index (Phi) is 8.42. The van der Waals surface area contributed by atoms with Crippen LogP contribution in [0.15, 0.2) is 84.9 Å². The van der Waals surface area contributed by atoms with E-state index >= 15 is 0 Å². The second-order valence-electron chi connectivity index (χ2n) is 8.91. The average molecular weight is 447 g/mol. The van der Waals surface area contributed by atoms with E-state index in [1.165, 1.54) is 53.1 Å². The summed E-state index contributed by atoms with van der Waals surface area (Å²) in [7, 11) is 0. The zero-order chi connectivity index (χ0) is 23.6. The minimum atomic E-state index is 0.795. The molecule has 0 atom stereocenters. The largest absolute Gasteiger partial charge is 0.494 e. The van der Waals surface area contributed by atoms with E-state index in [0.29, 0.717) is 0 Å². The fraction of sp³-hybridized carbons (Fsp3) is 0.273. The van der Waals surface area contributed by atoms with Gasteiger partial charge >= 0.3 is 0 Å². The van der Waals surface area contributed by atoms with Crippen molar-refractivity contribution in [2.45, 2.75) is 52.4 Å². The normalized spacial score (nSPS) is 10.6. The summed E-state index contributed by atoms with van der Waals surface area (Å²) in [5.74, 6) is 7.58. The third-order valence-corrected chi connectivity index (χ3v) is 6.13. The fourth-order valence-electron chi connectivity index (χ4n) is 4.17. The van der Waals surface area contributed by atoms with E-state index in [9.17, 15) is 0 Å². The van der Waals surface area contributed by atoms with Crippen LogP contribution >= 0.6 is 0 Å². The van der Waals surface area contributed by atoms with Gasteiger partial charge in [-0.15, -0.1) is 0 Å². The van der Waals surface area contributed by atoms with E-state index in [0.717, 1.165) is 36.3 Å². The SMILES string of the molecule is CCCCCCOc1ccc(-c2ccc(C#Cc3ccc4cc(CCC)ccc4c3)cc2)cc1. The Hall–Kier alpha value is -3.50. The lowest BCUT2D eigenvalue weighted by Gasteiger charge is -2.07. The fourth-order valence-corrected chi connectivity index (χ4v) is 4.17. The lowest BCUT2D eigenvalue weighted by molar-refractivity contribution is 0.305. The van der Waals surface area contributed by atoms with Crippen LogP contribution in [0.1, 0.15) is 62.6 Å². The van der Waals surface area contributed by atoms with E-state index < -0.39 is 0 Å². The molecule has 0 aliphatic rings. The number of ether oxygens (including phenoxy) is 1. The van der Waals surface area contributed by atoms with Gasteiger partial charge in [-0.2, -0.15) is 0 Å². The molecule has 34 heavy (non-hydrogen) atoms. The van der Waals surface area contributed by atoms with Gasteiger partial charge in [0.15, 0.2) is 0 Å². The predicted octanol–water partition coefficient (Wildman–Crippen LogP) is 8.82. The molecular weight excluding hydrogens is 412 g/mol. The van der Waals surface area contributed by atoms with Crippen molar-refractivity contribution in [2.24, 2.45) is 0 Å². The van der Waals surface area contributed by atoms with Gasteiger partial charge in [0.2, 0.25) is 0 Å². The molecule has 0 bridgehead atoms. The molecule has 4 aromatic rings. The zero-order valence-corrected chi connectivity index (χ0v) is 20.4. The van der Waals surface area contributed by atoms with Crippen molar-refractivity contribution in [1.29, 1.82) is 0 Å². The first-order chi connectivity index (χ1) is 16.7. The van der Waals surface area contributed by atoms with Crippen molar-refractivity contribution in [3.8, 4) is 28.7 Å².